The Kier molecular flexibility index (Phi) is 5.26. The number of nitrogens with zero attached hydrogens (tertiary/aromatic N) is 1. The van der Waals surface area contributed by atoms with E-state index in [0.29, 0.717) is 28.9 Å². The van der Waals surface area contributed by atoms with Crippen LogP contribution in [0.5, 0.6) is 0 Å². The van der Waals surface area contributed by atoms with Crippen LogP contribution in [0.25, 0.3) is 5.52 Å². The zero-order valence-electron chi connectivity index (χ0n) is 15.2. The number of alkyl halides is 2. The second kappa shape index (κ2) is 7.51. The van der Waals surface area contributed by atoms with Crippen LogP contribution in [-0.4, -0.2) is 22.7 Å². The zero-order valence-corrected chi connectivity index (χ0v) is 16.0. The van der Waals surface area contributed by atoms with Gasteiger partial charge < -0.3 is 9.14 Å². The number of ether oxygens (including phenoxy) is 1. The molecule has 2 aromatic rings. The minimum atomic E-state index is -2.58. The van der Waals surface area contributed by atoms with Crippen molar-refractivity contribution in [2.75, 3.05) is 6.61 Å². The molecule has 3 heterocycles. The molecule has 0 bridgehead atoms. The van der Waals surface area contributed by atoms with Gasteiger partial charge in [-0.25, -0.2) is 8.78 Å². The Morgan fingerprint density at radius 3 is 2.93 bits per heavy atom. The van der Waals surface area contributed by atoms with Gasteiger partial charge >= 0.3 is 0 Å². The molecule has 2 fully saturated rings. The van der Waals surface area contributed by atoms with Gasteiger partial charge in [0.15, 0.2) is 5.78 Å². The lowest BCUT2D eigenvalue weighted by Crippen LogP contribution is -2.26. The largest absolute Gasteiger partial charge is 0.372 e. The number of ketones is 1. The summed E-state index contributed by atoms with van der Waals surface area (Å²) < 4.78 is 35.0. The third kappa shape index (κ3) is 3.90. The lowest BCUT2D eigenvalue weighted by molar-refractivity contribution is -0.0535. The Morgan fingerprint density at radius 2 is 2.19 bits per heavy atom. The van der Waals surface area contributed by atoms with Gasteiger partial charge in [-0.2, -0.15) is 0 Å². The maximum absolute atomic E-state index is 13.6. The summed E-state index contributed by atoms with van der Waals surface area (Å²) in [6.07, 6.45) is 5.76. The predicted octanol–water partition coefficient (Wildman–Crippen LogP) is 6.23. The summed E-state index contributed by atoms with van der Waals surface area (Å²) in [6, 6.07) is 5.51. The molecule has 6 heteroatoms. The molecule has 1 saturated carbocycles. The first-order valence-electron chi connectivity index (χ1n) is 9.77. The number of pyridine rings is 1. The molecule has 1 aliphatic carbocycles. The second-order valence-electron chi connectivity index (χ2n) is 7.84. The van der Waals surface area contributed by atoms with Crippen molar-refractivity contribution in [1.29, 1.82) is 0 Å². The third-order valence-corrected chi connectivity index (χ3v) is 6.16. The van der Waals surface area contributed by atoms with Crippen molar-refractivity contribution in [3.8, 4) is 0 Å². The van der Waals surface area contributed by atoms with Gasteiger partial charge in [-0.05, 0) is 49.8 Å². The maximum Gasteiger partial charge on any atom is 0.248 e. The Bertz CT molecular complexity index is 842. The molecular weight excluding hydrogens is 372 g/mol. The van der Waals surface area contributed by atoms with E-state index in [0.717, 1.165) is 31.6 Å². The van der Waals surface area contributed by atoms with Crippen molar-refractivity contribution < 1.29 is 18.3 Å². The van der Waals surface area contributed by atoms with Crippen LogP contribution in [0.1, 0.15) is 73.5 Å². The van der Waals surface area contributed by atoms with Crippen LogP contribution in [0, 0.1) is 5.92 Å². The van der Waals surface area contributed by atoms with Crippen LogP contribution in [-0.2, 0) is 4.74 Å². The number of hydrogen-bond donors (Lipinski definition) is 0. The molecule has 0 N–H and O–H groups in total. The standard InChI is InChI=1S/C21H24ClF2NO2/c22-16-5-2-10-25-17(19-6-3-11-27-19)12-15(20(16)25)18(26)8-7-14-4-1-9-21(23,24)13-14/h2,5,10,12,14,19H,1,3-4,6-9,11,13H2. The van der Waals surface area contributed by atoms with Crippen LogP contribution in [0.3, 0.4) is 0 Å². The lowest BCUT2D eigenvalue weighted by atomic mass is 9.83. The summed E-state index contributed by atoms with van der Waals surface area (Å²) in [7, 11) is 0. The number of aromatic nitrogens is 1. The molecule has 2 atom stereocenters. The predicted molar refractivity (Wildman–Crippen MR) is 101 cm³/mol. The molecule has 1 aliphatic heterocycles. The monoisotopic (exact) mass is 395 g/mol. The average molecular weight is 396 g/mol. The van der Waals surface area contributed by atoms with Crippen molar-refractivity contribution in [2.45, 2.75) is 63.4 Å². The first-order chi connectivity index (χ1) is 12.9. The van der Waals surface area contributed by atoms with Crippen molar-refractivity contribution >= 4 is 22.9 Å². The van der Waals surface area contributed by atoms with E-state index in [9.17, 15) is 13.6 Å². The van der Waals surface area contributed by atoms with Gasteiger partial charge in [0.25, 0.3) is 0 Å². The fourth-order valence-corrected chi connectivity index (χ4v) is 4.77. The van der Waals surface area contributed by atoms with Gasteiger partial charge in [0.1, 0.15) is 0 Å². The summed E-state index contributed by atoms with van der Waals surface area (Å²) in [4.78, 5) is 12.9. The minimum absolute atomic E-state index is 0.0259. The highest BCUT2D eigenvalue weighted by Crippen LogP contribution is 2.39. The number of carbonyl (C=O) groups is 1. The highest BCUT2D eigenvalue weighted by Gasteiger charge is 2.36. The second-order valence-corrected chi connectivity index (χ2v) is 8.25. The zero-order chi connectivity index (χ0) is 19.0. The topological polar surface area (TPSA) is 30.7 Å². The molecule has 3 nitrogen and oxygen atoms in total. The number of rotatable bonds is 5. The van der Waals surface area contributed by atoms with Crippen LogP contribution >= 0.6 is 11.6 Å². The highest BCUT2D eigenvalue weighted by atomic mass is 35.5. The molecule has 1 saturated heterocycles. The molecule has 0 aromatic carbocycles. The number of fused-ring (bicyclic) bond motifs is 1. The molecule has 0 spiro atoms. The molecule has 2 aliphatic rings. The molecular formula is C21H24ClF2NO2. The third-order valence-electron chi connectivity index (χ3n) is 5.85. The van der Waals surface area contributed by atoms with E-state index in [1.54, 1.807) is 6.07 Å². The maximum atomic E-state index is 13.6. The molecule has 27 heavy (non-hydrogen) atoms. The Balaban J connectivity index is 1.56. The van der Waals surface area contributed by atoms with Gasteiger partial charge in [0.05, 0.1) is 22.3 Å². The van der Waals surface area contributed by atoms with Crippen LogP contribution < -0.4 is 0 Å². The summed E-state index contributed by atoms with van der Waals surface area (Å²) in [5.74, 6) is -2.69. The SMILES string of the molecule is O=C(CCC1CCCC(F)(F)C1)c1cc(C2CCCO2)n2cccc(Cl)c12. The van der Waals surface area contributed by atoms with Gasteiger partial charge in [0, 0.05) is 37.6 Å². The van der Waals surface area contributed by atoms with E-state index in [1.165, 1.54) is 0 Å². The van der Waals surface area contributed by atoms with Gasteiger partial charge in [-0.1, -0.05) is 18.0 Å². The van der Waals surface area contributed by atoms with Gasteiger partial charge in [-0.3, -0.25) is 4.79 Å². The summed E-state index contributed by atoms with van der Waals surface area (Å²) in [5, 5.41) is 0.522. The van der Waals surface area contributed by atoms with E-state index in [2.05, 4.69) is 0 Å². The number of hydrogen-bond acceptors (Lipinski definition) is 2. The number of halogens is 3. The van der Waals surface area contributed by atoms with E-state index < -0.39 is 5.92 Å². The van der Waals surface area contributed by atoms with Crippen molar-refractivity contribution in [3.05, 3.63) is 40.7 Å². The quantitative estimate of drug-likeness (QED) is 0.561. The normalized spacial score (nSPS) is 25.1. The Morgan fingerprint density at radius 1 is 1.33 bits per heavy atom. The van der Waals surface area contributed by atoms with Gasteiger partial charge in [-0.15, -0.1) is 0 Å². The number of Topliss-reactive ketones (excluding diaryl/α,β-unsaturated/α-hetero) is 1. The van der Waals surface area contributed by atoms with E-state index in [-0.39, 0.29) is 37.1 Å². The van der Waals surface area contributed by atoms with Gasteiger partial charge in [0.2, 0.25) is 5.92 Å². The van der Waals surface area contributed by atoms with Crippen molar-refractivity contribution in [1.82, 2.24) is 4.40 Å². The Labute approximate surface area is 162 Å². The molecule has 0 amide bonds. The molecule has 0 radical (unpaired) electrons. The average Bonchev–Trinajstić information content (AvgIpc) is 3.27. The summed E-state index contributed by atoms with van der Waals surface area (Å²) in [5.41, 5.74) is 2.22. The smallest absolute Gasteiger partial charge is 0.248 e. The molecule has 4 rings (SSSR count). The van der Waals surface area contributed by atoms with E-state index in [1.807, 2.05) is 22.7 Å². The summed E-state index contributed by atoms with van der Waals surface area (Å²) in [6.45, 7) is 0.720. The first-order valence-corrected chi connectivity index (χ1v) is 10.1. The van der Waals surface area contributed by atoms with Crippen LogP contribution in [0.2, 0.25) is 5.02 Å². The van der Waals surface area contributed by atoms with Crippen LogP contribution in [0.4, 0.5) is 8.78 Å². The van der Waals surface area contributed by atoms with Crippen LogP contribution in [0.15, 0.2) is 24.4 Å². The lowest BCUT2D eigenvalue weighted by Gasteiger charge is -2.28. The fourth-order valence-electron chi connectivity index (χ4n) is 4.51. The Hall–Kier alpha value is -1.46. The molecule has 146 valence electrons. The number of carbonyl (C=O) groups excluding carboxylic acids is 1. The highest BCUT2D eigenvalue weighted by molar-refractivity contribution is 6.35. The molecule has 2 unspecified atom stereocenters. The van der Waals surface area contributed by atoms with E-state index >= 15 is 0 Å². The first kappa shape index (κ1) is 18.9. The van der Waals surface area contributed by atoms with Crippen molar-refractivity contribution in [2.24, 2.45) is 5.92 Å². The summed E-state index contributed by atoms with van der Waals surface area (Å²) >= 11 is 6.40. The van der Waals surface area contributed by atoms with E-state index in [4.69, 9.17) is 16.3 Å². The molecule has 2 aromatic heterocycles. The fraction of sp³-hybridized carbons (Fsp3) is 0.571. The minimum Gasteiger partial charge on any atom is -0.372 e. The van der Waals surface area contributed by atoms with Crippen molar-refractivity contribution in [3.63, 3.8) is 0 Å².